The van der Waals surface area contributed by atoms with Crippen LogP contribution in [0.2, 0.25) is 0 Å². The van der Waals surface area contributed by atoms with Gasteiger partial charge in [0.1, 0.15) is 11.6 Å². The Labute approximate surface area is 172 Å². The second kappa shape index (κ2) is 10.9. The molecule has 0 amide bonds. The fraction of sp³-hybridized carbons (Fsp3) is 0.650. The van der Waals surface area contributed by atoms with Crippen LogP contribution in [-0.2, 0) is 10.0 Å². The van der Waals surface area contributed by atoms with E-state index in [2.05, 4.69) is 15.6 Å². The minimum absolute atomic E-state index is 0.124. The maximum atomic E-state index is 14.0. The second-order valence-electron chi connectivity index (χ2n) is 7.42. The third kappa shape index (κ3) is 6.92. The standard InChI is InChI=1S/C20H32F2N4O2S/c1-4-12-29(27,28)26-10-8-17(9-11-26)25-20(23-5-2)24-14-15(3)18-7-6-16(21)13-19(18)22/h6-7,13,15,17H,4-5,8-12,14H2,1-3H3,(H2,23,24,25). The topological polar surface area (TPSA) is 73.8 Å². The lowest BCUT2D eigenvalue weighted by atomic mass is 10.0. The highest BCUT2D eigenvalue weighted by molar-refractivity contribution is 7.89. The molecule has 0 aliphatic carbocycles. The smallest absolute Gasteiger partial charge is 0.214 e. The highest BCUT2D eigenvalue weighted by Gasteiger charge is 2.27. The van der Waals surface area contributed by atoms with Gasteiger partial charge in [-0.3, -0.25) is 4.99 Å². The number of nitrogens with zero attached hydrogens (tertiary/aromatic N) is 2. The Morgan fingerprint density at radius 3 is 2.55 bits per heavy atom. The van der Waals surface area contributed by atoms with Crippen molar-refractivity contribution in [2.45, 2.75) is 52.0 Å². The molecule has 1 heterocycles. The van der Waals surface area contributed by atoms with Crippen molar-refractivity contribution in [2.75, 3.05) is 31.9 Å². The summed E-state index contributed by atoms with van der Waals surface area (Å²) in [6.07, 6.45) is 2.02. The van der Waals surface area contributed by atoms with Crippen LogP contribution >= 0.6 is 0 Å². The Kier molecular flexibility index (Phi) is 8.82. The average molecular weight is 431 g/mol. The van der Waals surface area contributed by atoms with Crippen LogP contribution in [0.5, 0.6) is 0 Å². The number of aliphatic imine (C=N–C) groups is 1. The molecule has 1 aliphatic heterocycles. The lowest BCUT2D eigenvalue weighted by molar-refractivity contribution is 0.306. The Bertz CT molecular complexity index is 794. The molecule has 2 rings (SSSR count). The van der Waals surface area contributed by atoms with E-state index in [1.165, 1.54) is 12.1 Å². The van der Waals surface area contributed by atoms with Gasteiger partial charge in [-0.25, -0.2) is 21.5 Å². The van der Waals surface area contributed by atoms with E-state index in [1.54, 1.807) is 4.31 Å². The molecule has 1 aromatic carbocycles. The Morgan fingerprint density at radius 1 is 1.28 bits per heavy atom. The number of halogens is 2. The summed E-state index contributed by atoms with van der Waals surface area (Å²) < 4.78 is 53.0. The summed E-state index contributed by atoms with van der Waals surface area (Å²) in [5.41, 5.74) is 0.431. The van der Waals surface area contributed by atoms with Crippen molar-refractivity contribution < 1.29 is 17.2 Å². The number of piperidine rings is 1. The van der Waals surface area contributed by atoms with Gasteiger partial charge in [-0.1, -0.05) is 19.9 Å². The number of rotatable bonds is 8. The van der Waals surface area contributed by atoms with Crippen LogP contribution in [0.4, 0.5) is 8.78 Å². The van der Waals surface area contributed by atoms with Crippen LogP contribution in [0.15, 0.2) is 23.2 Å². The molecule has 6 nitrogen and oxygen atoms in total. The Morgan fingerprint density at radius 2 is 1.97 bits per heavy atom. The van der Waals surface area contributed by atoms with Gasteiger partial charge in [-0.15, -0.1) is 0 Å². The van der Waals surface area contributed by atoms with Gasteiger partial charge in [0.15, 0.2) is 5.96 Å². The van der Waals surface area contributed by atoms with Crippen LogP contribution in [-0.4, -0.2) is 56.7 Å². The van der Waals surface area contributed by atoms with Crippen molar-refractivity contribution in [3.05, 3.63) is 35.4 Å². The van der Waals surface area contributed by atoms with Crippen LogP contribution in [0.3, 0.4) is 0 Å². The third-order valence-corrected chi connectivity index (χ3v) is 7.09. The first-order valence-electron chi connectivity index (χ1n) is 10.2. The summed E-state index contributed by atoms with van der Waals surface area (Å²) in [5, 5.41) is 6.53. The van der Waals surface area contributed by atoms with E-state index in [1.807, 2.05) is 20.8 Å². The van der Waals surface area contributed by atoms with E-state index in [0.717, 1.165) is 6.07 Å². The summed E-state index contributed by atoms with van der Waals surface area (Å²) in [5.74, 6) is -0.549. The summed E-state index contributed by atoms with van der Waals surface area (Å²) in [7, 11) is -3.16. The molecule has 0 radical (unpaired) electrons. The largest absolute Gasteiger partial charge is 0.357 e. The zero-order valence-corrected chi connectivity index (χ0v) is 18.2. The molecule has 1 saturated heterocycles. The van der Waals surface area contributed by atoms with Gasteiger partial charge in [-0.2, -0.15) is 0 Å². The van der Waals surface area contributed by atoms with E-state index in [0.29, 0.717) is 57.0 Å². The lowest BCUT2D eigenvalue weighted by Crippen LogP contribution is -2.50. The first-order valence-corrected chi connectivity index (χ1v) is 11.8. The molecule has 1 atom stereocenters. The first-order chi connectivity index (χ1) is 13.8. The summed E-state index contributed by atoms with van der Waals surface area (Å²) in [6.45, 7) is 7.69. The number of benzene rings is 1. The number of nitrogens with one attached hydrogen (secondary N) is 2. The van der Waals surface area contributed by atoms with Crippen molar-refractivity contribution in [3.8, 4) is 0 Å². The molecule has 9 heteroatoms. The quantitative estimate of drug-likeness (QED) is 0.491. The average Bonchev–Trinajstić information content (AvgIpc) is 2.66. The van der Waals surface area contributed by atoms with Gasteiger partial charge in [0, 0.05) is 44.2 Å². The van der Waals surface area contributed by atoms with Gasteiger partial charge in [0.25, 0.3) is 0 Å². The maximum absolute atomic E-state index is 14.0. The van der Waals surface area contributed by atoms with Crippen molar-refractivity contribution >= 4 is 16.0 Å². The van der Waals surface area contributed by atoms with Crippen LogP contribution in [0.25, 0.3) is 0 Å². The molecule has 1 fully saturated rings. The maximum Gasteiger partial charge on any atom is 0.214 e. The number of hydrogen-bond acceptors (Lipinski definition) is 3. The predicted octanol–water partition coefficient (Wildman–Crippen LogP) is 2.83. The predicted molar refractivity (Wildman–Crippen MR) is 113 cm³/mol. The zero-order chi connectivity index (χ0) is 21.4. The SMILES string of the molecule is CCCS(=O)(=O)N1CCC(NC(=NCC(C)c2ccc(F)cc2F)NCC)CC1. The van der Waals surface area contributed by atoms with Gasteiger partial charge < -0.3 is 10.6 Å². The lowest BCUT2D eigenvalue weighted by Gasteiger charge is -2.32. The molecule has 2 N–H and O–H groups in total. The third-order valence-electron chi connectivity index (χ3n) is 5.01. The molecular weight excluding hydrogens is 398 g/mol. The molecule has 1 aromatic rings. The number of hydrogen-bond donors (Lipinski definition) is 2. The molecule has 0 aromatic heterocycles. The minimum atomic E-state index is -3.16. The van der Waals surface area contributed by atoms with E-state index >= 15 is 0 Å². The number of sulfonamides is 1. The van der Waals surface area contributed by atoms with Gasteiger partial charge in [0.2, 0.25) is 10.0 Å². The Hall–Kier alpha value is -1.74. The Balaban J connectivity index is 1.94. The summed E-state index contributed by atoms with van der Waals surface area (Å²) in [6, 6.07) is 3.72. The monoisotopic (exact) mass is 430 g/mol. The second-order valence-corrected chi connectivity index (χ2v) is 9.51. The normalized spacial score (nSPS) is 17.9. The van der Waals surface area contributed by atoms with Crippen molar-refractivity contribution in [1.82, 2.24) is 14.9 Å². The molecule has 29 heavy (non-hydrogen) atoms. The van der Waals surface area contributed by atoms with E-state index < -0.39 is 21.7 Å². The summed E-state index contributed by atoms with van der Waals surface area (Å²) >= 11 is 0. The molecule has 0 bridgehead atoms. The highest BCUT2D eigenvalue weighted by atomic mass is 32.2. The molecule has 1 aliphatic rings. The van der Waals surface area contributed by atoms with Gasteiger partial charge >= 0.3 is 0 Å². The number of guanidine groups is 1. The molecule has 0 spiro atoms. The van der Waals surface area contributed by atoms with Gasteiger partial charge in [-0.05, 0) is 37.8 Å². The molecule has 1 unspecified atom stereocenters. The molecule has 164 valence electrons. The zero-order valence-electron chi connectivity index (χ0n) is 17.4. The van der Waals surface area contributed by atoms with E-state index in [4.69, 9.17) is 0 Å². The molecule has 0 saturated carbocycles. The van der Waals surface area contributed by atoms with Crippen molar-refractivity contribution in [2.24, 2.45) is 4.99 Å². The fourth-order valence-corrected chi connectivity index (χ4v) is 4.95. The molecular formula is C20H32F2N4O2S. The van der Waals surface area contributed by atoms with E-state index in [-0.39, 0.29) is 17.7 Å². The van der Waals surface area contributed by atoms with E-state index in [9.17, 15) is 17.2 Å². The van der Waals surface area contributed by atoms with Crippen molar-refractivity contribution in [1.29, 1.82) is 0 Å². The van der Waals surface area contributed by atoms with Gasteiger partial charge in [0.05, 0.1) is 5.75 Å². The minimum Gasteiger partial charge on any atom is -0.357 e. The highest BCUT2D eigenvalue weighted by Crippen LogP contribution is 2.20. The van der Waals surface area contributed by atoms with Crippen LogP contribution < -0.4 is 10.6 Å². The van der Waals surface area contributed by atoms with Crippen molar-refractivity contribution in [3.63, 3.8) is 0 Å². The first kappa shape index (κ1) is 23.5. The van der Waals surface area contributed by atoms with Crippen LogP contribution in [0.1, 0.15) is 51.5 Å². The fourth-order valence-electron chi connectivity index (χ4n) is 3.41. The van der Waals surface area contributed by atoms with Crippen LogP contribution in [0, 0.1) is 11.6 Å². The summed E-state index contributed by atoms with van der Waals surface area (Å²) in [4.78, 5) is 4.55.